The van der Waals surface area contributed by atoms with Gasteiger partial charge in [0.15, 0.2) is 0 Å². The van der Waals surface area contributed by atoms with Crippen molar-refractivity contribution in [2.75, 3.05) is 5.32 Å². The number of nitrogens with one attached hydrogen (secondary N) is 1. The second-order valence-corrected chi connectivity index (χ2v) is 4.69. The van der Waals surface area contributed by atoms with E-state index >= 15 is 0 Å². The molecule has 1 aromatic carbocycles. The van der Waals surface area contributed by atoms with Gasteiger partial charge in [-0.15, -0.1) is 10.2 Å². The molecule has 0 saturated carbocycles. The van der Waals surface area contributed by atoms with E-state index in [0.29, 0.717) is 10.7 Å². The first-order valence-electron chi connectivity index (χ1n) is 5.18. The number of aromatic nitrogens is 2. The molecule has 0 atom stereocenters. The lowest BCUT2D eigenvalue weighted by Gasteiger charge is -1.95. The number of anilines is 1. The first-order valence-corrected chi connectivity index (χ1v) is 6.00. The summed E-state index contributed by atoms with van der Waals surface area (Å²) in [5, 5.41) is 11.3. The molecule has 0 aliphatic carbocycles. The van der Waals surface area contributed by atoms with Gasteiger partial charge in [0.05, 0.1) is 0 Å². The lowest BCUT2D eigenvalue weighted by molar-refractivity contribution is -0.111. The first kappa shape index (κ1) is 12.4. The van der Waals surface area contributed by atoms with Crippen molar-refractivity contribution < 1.29 is 9.18 Å². The van der Waals surface area contributed by atoms with E-state index < -0.39 is 0 Å². The van der Waals surface area contributed by atoms with Gasteiger partial charge in [-0.3, -0.25) is 10.1 Å². The zero-order chi connectivity index (χ0) is 13.0. The maximum absolute atomic E-state index is 12.9. The Balaban J connectivity index is 1.99. The van der Waals surface area contributed by atoms with Crippen molar-refractivity contribution in [2.45, 2.75) is 6.92 Å². The predicted molar refractivity (Wildman–Crippen MR) is 68.7 cm³/mol. The minimum atomic E-state index is -0.336. The van der Waals surface area contributed by atoms with Crippen LogP contribution in [0.2, 0.25) is 0 Å². The summed E-state index contributed by atoms with van der Waals surface area (Å²) in [4.78, 5) is 11.5. The van der Waals surface area contributed by atoms with Gasteiger partial charge in [0.2, 0.25) is 11.0 Å². The Morgan fingerprint density at radius 1 is 1.44 bits per heavy atom. The molecule has 1 amide bonds. The highest BCUT2D eigenvalue weighted by atomic mass is 32.1. The van der Waals surface area contributed by atoms with Crippen molar-refractivity contribution >= 4 is 28.5 Å². The average Bonchev–Trinajstić information content (AvgIpc) is 2.72. The average molecular weight is 263 g/mol. The van der Waals surface area contributed by atoms with Gasteiger partial charge in [0.1, 0.15) is 10.8 Å². The summed E-state index contributed by atoms with van der Waals surface area (Å²) >= 11 is 1.29. The highest BCUT2D eigenvalue weighted by molar-refractivity contribution is 7.15. The lowest BCUT2D eigenvalue weighted by Crippen LogP contribution is -2.07. The molecule has 0 fully saturated rings. The molecule has 1 N–H and O–H groups in total. The predicted octanol–water partition coefficient (Wildman–Crippen LogP) is 2.64. The van der Waals surface area contributed by atoms with Gasteiger partial charge < -0.3 is 0 Å². The number of hydrogen-bond acceptors (Lipinski definition) is 4. The SMILES string of the molecule is Cc1nnc(NC(=O)/C=C\c2cccc(F)c2)s1. The third-order valence-corrected chi connectivity index (χ3v) is 2.79. The molecule has 2 aromatic rings. The number of benzene rings is 1. The Hall–Kier alpha value is -2.08. The molecule has 0 aliphatic heterocycles. The van der Waals surface area contributed by atoms with E-state index in [0.717, 1.165) is 5.01 Å². The smallest absolute Gasteiger partial charge is 0.250 e. The van der Waals surface area contributed by atoms with Crippen molar-refractivity contribution in [2.24, 2.45) is 0 Å². The van der Waals surface area contributed by atoms with Gasteiger partial charge in [0, 0.05) is 6.08 Å². The number of carbonyl (C=O) groups is 1. The van der Waals surface area contributed by atoms with Crippen LogP contribution < -0.4 is 5.32 Å². The molecule has 0 unspecified atom stereocenters. The van der Waals surface area contributed by atoms with Crippen molar-refractivity contribution in [1.29, 1.82) is 0 Å². The fraction of sp³-hybridized carbons (Fsp3) is 0.0833. The Morgan fingerprint density at radius 3 is 2.94 bits per heavy atom. The lowest BCUT2D eigenvalue weighted by atomic mass is 10.2. The molecule has 0 aliphatic rings. The van der Waals surface area contributed by atoms with Gasteiger partial charge in [-0.25, -0.2) is 4.39 Å². The molecule has 0 bridgehead atoms. The van der Waals surface area contributed by atoms with Crippen LogP contribution in [-0.4, -0.2) is 16.1 Å². The number of nitrogens with zero attached hydrogens (tertiary/aromatic N) is 2. The van der Waals surface area contributed by atoms with Gasteiger partial charge in [-0.2, -0.15) is 0 Å². The number of halogens is 1. The van der Waals surface area contributed by atoms with Crippen LogP contribution in [0.1, 0.15) is 10.6 Å². The third kappa shape index (κ3) is 3.46. The molecule has 0 spiro atoms. The highest BCUT2D eigenvalue weighted by Crippen LogP contribution is 2.13. The topological polar surface area (TPSA) is 54.9 Å². The highest BCUT2D eigenvalue weighted by Gasteiger charge is 2.02. The summed E-state index contributed by atoms with van der Waals surface area (Å²) in [7, 11) is 0. The second kappa shape index (κ2) is 5.50. The molecular weight excluding hydrogens is 253 g/mol. The van der Waals surface area contributed by atoms with Gasteiger partial charge in [-0.1, -0.05) is 23.5 Å². The zero-order valence-electron chi connectivity index (χ0n) is 9.55. The van der Waals surface area contributed by atoms with E-state index in [1.54, 1.807) is 19.1 Å². The molecule has 92 valence electrons. The summed E-state index contributed by atoms with van der Waals surface area (Å²) in [5.74, 6) is -0.660. The van der Waals surface area contributed by atoms with E-state index in [-0.39, 0.29) is 11.7 Å². The normalized spacial score (nSPS) is 10.8. The molecule has 1 heterocycles. The fourth-order valence-corrected chi connectivity index (χ4v) is 1.87. The van der Waals surface area contributed by atoms with Crippen LogP contribution in [0.25, 0.3) is 6.08 Å². The summed E-state index contributed by atoms with van der Waals surface area (Å²) < 4.78 is 12.9. The van der Waals surface area contributed by atoms with Gasteiger partial charge in [-0.05, 0) is 30.7 Å². The van der Waals surface area contributed by atoms with Crippen LogP contribution in [0.3, 0.4) is 0 Å². The van der Waals surface area contributed by atoms with E-state index in [1.807, 2.05) is 0 Å². The molecule has 6 heteroatoms. The minimum Gasteiger partial charge on any atom is -0.297 e. The monoisotopic (exact) mass is 263 g/mol. The number of hydrogen-bond donors (Lipinski definition) is 1. The molecule has 18 heavy (non-hydrogen) atoms. The maximum Gasteiger partial charge on any atom is 0.250 e. The third-order valence-electron chi connectivity index (χ3n) is 2.03. The van der Waals surface area contributed by atoms with Crippen molar-refractivity contribution in [3.05, 3.63) is 46.7 Å². The molecule has 0 radical (unpaired) electrons. The second-order valence-electron chi connectivity index (χ2n) is 3.50. The van der Waals surface area contributed by atoms with Crippen molar-refractivity contribution in [3.8, 4) is 0 Å². The Kier molecular flexibility index (Phi) is 3.78. The van der Waals surface area contributed by atoms with E-state index in [9.17, 15) is 9.18 Å². The molecule has 4 nitrogen and oxygen atoms in total. The van der Waals surface area contributed by atoms with Crippen LogP contribution in [0.5, 0.6) is 0 Å². The van der Waals surface area contributed by atoms with E-state index in [2.05, 4.69) is 15.5 Å². The minimum absolute atomic E-state index is 0.324. The zero-order valence-corrected chi connectivity index (χ0v) is 10.4. The molecule has 2 rings (SSSR count). The number of carbonyl (C=O) groups excluding carboxylic acids is 1. The quantitative estimate of drug-likeness (QED) is 0.866. The Morgan fingerprint density at radius 2 is 2.28 bits per heavy atom. The van der Waals surface area contributed by atoms with Gasteiger partial charge >= 0.3 is 0 Å². The summed E-state index contributed by atoms with van der Waals surface area (Å²) in [6, 6.07) is 5.99. The van der Waals surface area contributed by atoms with E-state index in [1.165, 1.54) is 35.6 Å². The van der Waals surface area contributed by atoms with Crippen LogP contribution >= 0.6 is 11.3 Å². The molecule has 1 aromatic heterocycles. The molecular formula is C12H10FN3OS. The Bertz CT molecular complexity index is 595. The van der Waals surface area contributed by atoms with Crippen LogP contribution in [0.4, 0.5) is 9.52 Å². The van der Waals surface area contributed by atoms with Crippen LogP contribution in [0.15, 0.2) is 30.3 Å². The summed E-state index contributed by atoms with van der Waals surface area (Å²) in [6.45, 7) is 1.80. The fourth-order valence-electron chi connectivity index (χ4n) is 1.28. The van der Waals surface area contributed by atoms with E-state index in [4.69, 9.17) is 0 Å². The number of aryl methyl sites for hydroxylation is 1. The Labute approximate surface area is 107 Å². The summed E-state index contributed by atoms with van der Waals surface area (Å²) in [5.41, 5.74) is 0.624. The van der Waals surface area contributed by atoms with Crippen molar-refractivity contribution in [1.82, 2.24) is 10.2 Å². The molecule has 0 saturated heterocycles. The number of amides is 1. The maximum atomic E-state index is 12.9. The first-order chi connectivity index (χ1) is 8.63. The van der Waals surface area contributed by atoms with Gasteiger partial charge in [0.25, 0.3) is 0 Å². The summed E-state index contributed by atoms with van der Waals surface area (Å²) in [6.07, 6.45) is 2.86. The number of rotatable bonds is 3. The standard InChI is InChI=1S/C12H10FN3OS/c1-8-15-16-12(18-8)14-11(17)6-5-9-3-2-4-10(13)7-9/h2-7H,1H3,(H,14,16,17)/b6-5-. The van der Waals surface area contributed by atoms with Crippen LogP contribution in [-0.2, 0) is 4.79 Å². The van der Waals surface area contributed by atoms with Crippen LogP contribution in [0, 0.1) is 12.7 Å². The van der Waals surface area contributed by atoms with Crippen molar-refractivity contribution in [3.63, 3.8) is 0 Å². The largest absolute Gasteiger partial charge is 0.297 e.